The first-order valence-electron chi connectivity index (χ1n) is 5.71. The Bertz CT molecular complexity index is 538. The Morgan fingerprint density at radius 2 is 1.83 bits per heavy atom. The Labute approximate surface area is 116 Å². The fraction of sp³-hybridized carbons (Fsp3) is 0.200. The molecule has 2 rings (SSSR count). The van der Waals surface area contributed by atoms with Gasteiger partial charge in [0.15, 0.2) is 0 Å². The second-order valence-electron chi connectivity index (χ2n) is 4.02. The van der Waals surface area contributed by atoms with Crippen molar-refractivity contribution in [2.45, 2.75) is 13.5 Å². The highest BCUT2D eigenvalue weighted by atomic mass is 79.9. The van der Waals surface area contributed by atoms with Gasteiger partial charge in [0.2, 0.25) is 0 Å². The summed E-state index contributed by atoms with van der Waals surface area (Å²) in [6, 6.07) is 13.9. The first-order valence-corrected chi connectivity index (χ1v) is 6.51. The molecular weight excluding hydrogens is 292 g/mol. The molecule has 3 heteroatoms. The molecule has 0 bridgehead atoms. The van der Waals surface area contributed by atoms with Gasteiger partial charge in [0.05, 0.1) is 11.6 Å². The van der Waals surface area contributed by atoms with Crippen LogP contribution in [0.3, 0.4) is 0 Å². The van der Waals surface area contributed by atoms with Crippen LogP contribution in [0.4, 0.5) is 0 Å². The van der Waals surface area contributed by atoms with E-state index in [-0.39, 0.29) is 0 Å². The van der Waals surface area contributed by atoms with E-state index in [1.807, 2.05) is 43.3 Å². The zero-order chi connectivity index (χ0) is 13.0. The van der Waals surface area contributed by atoms with Crippen molar-refractivity contribution >= 4 is 15.9 Å². The molecule has 2 nitrogen and oxygen atoms in total. The molecule has 18 heavy (non-hydrogen) atoms. The smallest absolute Gasteiger partial charge is 0.133 e. The Balaban J connectivity index is 2.07. The maximum Gasteiger partial charge on any atom is 0.133 e. The van der Waals surface area contributed by atoms with Crippen molar-refractivity contribution < 1.29 is 9.47 Å². The van der Waals surface area contributed by atoms with E-state index in [0.29, 0.717) is 6.61 Å². The van der Waals surface area contributed by atoms with Crippen molar-refractivity contribution in [1.29, 1.82) is 0 Å². The minimum atomic E-state index is 0.549. The summed E-state index contributed by atoms with van der Waals surface area (Å²) in [4.78, 5) is 0. The Hall–Kier alpha value is -1.48. The second kappa shape index (κ2) is 5.91. The largest absolute Gasteiger partial charge is 0.496 e. The van der Waals surface area contributed by atoms with Gasteiger partial charge < -0.3 is 9.47 Å². The molecule has 0 heterocycles. The number of para-hydroxylation sites is 1. The fourth-order valence-electron chi connectivity index (χ4n) is 1.75. The summed E-state index contributed by atoms with van der Waals surface area (Å²) >= 11 is 3.46. The van der Waals surface area contributed by atoms with Crippen molar-refractivity contribution in [3.63, 3.8) is 0 Å². The maximum absolute atomic E-state index is 5.76. The standard InChI is InChI=1S/C15H15BrO2/c1-11-9-12(7-8-14(11)17-2)10-18-15-6-4-3-5-13(15)16/h3-9H,10H2,1-2H3. The quantitative estimate of drug-likeness (QED) is 0.836. The normalized spacial score (nSPS) is 10.2. The summed E-state index contributed by atoms with van der Waals surface area (Å²) in [6.45, 7) is 2.58. The van der Waals surface area contributed by atoms with Gasteiger partial charge in [-0.05, 0) is 58.2 Å². The molecule has 2 aromatic carbocycles. The van der Waals surface area contributed by atoms with Gasteiger partial charge in [0.25, 0.3) is 0 Å². The van der Waals surface area contributed by atoms with Crippen LogP contribution in [0.5, 0.6) is 11.5 Å². The summed E-state index contributed by atoms with van der Waals surface area (Å²) < 4.78 is 12.0. The van der Waals surface area contributed by atoms with E-state index < -0.39 is 0 Å². The molecule has 0 amide bonds. The van der Waals surface area contributed by atoms with Crippen LogP contribution in [0, 0.1) is 6.92 Å². The molecule has 0 aliphatic carbocycles. The Morgan fingerprint density at radius 3 is 2.50 bits per heavy atom. The maximum atomic E-state index is 5.76. The predicted molar refractivity (Wildman–Crippen MR) is 76.2 cm³/mol. The van der Waals surface area contributed by atoms with E-state index >= 15 is 0 Å². The van der Waals surface area contributed by atoms with Crippen LogP contribution < -0.4 is 9.47 Å². The number of halogens is 1. The average Bonchev–Trinajstić information content (AvgIpc) is 2.38. The molecule has 0 aliphatic rings. The molecule has 0 spiro atoms. The highest BCUT2D eigenvalue weighted by Gasteiger charge is 2.02. The van der Waals surface area contributed by atoms with Crippen molar-refractivity contribution in [1.82, 2.24) is 0 Å². The van der Waals surface area contributed by atoms with E-state index in [0.717, 1.165) is 27.1 Å². The molecule has 2 aromatic rings. The van der Waals surface area contributed by atoms with Crippen LogP contribution in [0.25, 0.3) is 0 Å². The fourth-order valence-corrected chi connectivity index (χ4v) is 2.15. The molecule has 0 aromatic heterocycles. The molecule has 0 radical (unpaired) electrons. The summed E-state index contributed by atoms with van der Waals surface area (Å²) in [7, 11) is 1.68. The number of methoxy groups -OCH3 is 1. The zero-order valence-electron chi connectivity index (χ0n) is 10.4. The highest BCUT2D eigenvalue weighted by Crippen LogP contribution is 2.25. The molecule has 0 N–H and O–H groups in total. The van der Waals surface area contributed by atoms with Crippen molar-refractivity contribution in [2.24, 2.45) is 0 Å². The van der Waals surface area contributed by atoms with Gasteiger partial charge in [-0.25, -0.2) is 0 Å². The van der Waals surface area contributed by atoms with Gasteiger partial charge >= 0.3 is 0 Å². The van der Waals surface area contributed by atoms with Crippen LogP contribution in [0.15, 0.2) is 46.9 Å². The summed E-state index contributed by atoms with van der Waals surface area (Å²) in [6.07, 6.45) is 0. The monoisotopic (exact) mass is 306 g/mol. The third-order valence-electron chi connectivity index (χ3n) is 2.69. The van der Waals surface area contributed by atoms with E-state index in [1.54, 1.807) is 7.11 Å². The van der Waals surface area contributed by atoms with Crippen molar-refractivity contribution in [3.8, 4) is 11.5 Å². The van der Waals surface area contributed by atoms with Gasteiger partial charge in [-0.15, -0.1) is 0 Å². The van der Waals surface area contributed by atoms with Gasteiger partial charge in [-0.2, -0.15) is 0 Å². The lowest BCUT2D eigenvalue weighted by Gasteiger charge is -2.10. The highest BCUT2D eigenvalue weighted by molar-refractivity contribution is 9.10. The van der Waals surface area contributed by atoms with Gasteiger partial charge in [0, 0.05) is 0 Å². The van der Waals surface area contributed by atoms with E-state index in [9.17, 15) is 0 Å². The SMILES string of the molecule is COc1ccc(COc2ccccc2Br)cc1C. The average molecular weight is 307 g/mol. The van der Waals surface area contributed by atoms with Gasteiger partial charge in [0.1, 0.15) is 18.1 Å². The number of ether oxygens (including phenoxy) is 2. The van der Waals surface area contributed by atoms with Crippen LogP contribution in [-0.2, 0) is 6.61 Å². The molecule has 0 saturated carbocycles. The lowest BCUT2D eigenvalue weighted by atomic mass is 10.1. The molecule has 0 saturated heterocycles. The zero-order valence-corrected chi connectivity index (χ0v) is 12.0. The van der Waals surface area contributed by atoms with Crippen LogP contribution in [0.2, 0.25) is 0 Å². The summed E-state index contributed by atoms with van der Waals surface area (Å²) in [5, 5.41) is 0. The third-order valence-corrected chi connectivity index (χ3v) is 3.35. The molecule has 0 fully saturated rings. The van der Waals surface area contributed by atoms with Crippen molar-refractivity contribution in [3.05, 3.63) is 58.1 Å². The number of hydrogen-bond acceptors (Lipinski definition) is 2. The summed E-state index contributed by atoms with van der Waals surface area (Å²) in [5.74, 6) is 1.76. The third kappa shape index (κ3) is 3.05. The van der Waals surface area contributed by atoms with Gasteiger partial charge in [-0.1, -0.05) is 18.2 Å². The van der Waals surface area contributed by atoms with Crippen LogP contribution >= 0.6 is 15.9 Å². The Morgan fingerprint density at radius 1 is 1.06 bits per heavy atom. The first kappa shape index (κ1) is 13.0. The van der Waals surface area contributed by atoms with Crippen LogP contribution in [-0.4, -0.2) is 7.11 Å². The molecule has 0 unspecified atom stereocenters. The van der Waals surface area contributed by atoms with E-state index in [4.69, 9.17) is 9.47 Å². The molecule has 94 valence electrons. The topological polar surface area (TPSA) is 18.5 Å². The predicted octanol–water partition coefficient (Wildman–Crippen LogP) is 4.35. The molecule has 0 atom stereocenters. The van der Waals surface area contributed by atoms with Gasteiger partial charge in [-0.3, -0.25) is 0 Å². The molecular formula is C15H15BrO2. The number of benzene rings is 2. The molecule has 0 aliphatic heterocycles. The van der Waals surface area contributed by atoms with E-state index in [2.05, 4.69) is 22.0 Å². The van der Waals surface area contributed by atoms with Crippen LogP contribution in [0.1, 0.15) is 11.1 Å². The number of rotatable bonds is 4. The minimum absolute atomic E-state index is 0.549. The van der Waals surface area contributed by atoms with Crippen molar-refractivity contribution in [2.75, 3.05) is 7.11 Å². The number of aryl methyl sites for hydroxylation is 1. The minimum Gasteiger partial charge on any atom is -0.496 e. The first-order chi connectivity index (χ1) is 8.70. The number of hydrogen-bond donors (Lipinski definition) is 0. The second-order valence-corrected chi connectivity index (χ2v) is 4.88. The summed E-state index contributed by atoms with van der Waals surface area (Å²) in [5.41, 5.74) is 2.25. The lowest BCUT2D eigenvalue weighted by molar-refractivity contribution is 0.304. The lowest BCUT2D eigenvalue weighted by Crippen LogP contribution is -1.97. The van der Waals surface area contributed by atoms with E-state index in [1.165, 1.54) is 0 Å². The Kier molecular flexibility index (Phi) is 4.26.